The predicted molar refractivity (Wildman–Crippen MR) is 48.5 cm³/mol. The Morgan fingerprint density at radius 1 is 1.80 bits per heavy atom. The lowest BCUT2D eigenvalue weighted by molar-refractivity contribution is -0.388. The van der Waals surface area contributed by atoms with Gasteiger partial charge in [-0.25, -0.2) is 0 Å². The van der Waals surface area contributed by atoms with Crippen molar-refractivity contribution in [3.63, 3.8) is 0 Å². The summed E-state index contributed by atoms with van der Waals surface area (Å²) >= 11 is 0. The largest absolute Gasteiger partial charge is 0.622 e. The Morgan fingerprint density at radius 3 is 2.60 bits per heavy atom. The van der Waals surface area contributed by atoms with E-state index in [0.717, 1.165) is 10.6 Å². The van der Waals surface area contributed by atoms with E-state index < -0.39 is 8.24 Å². The van der Waals surface area contributed by atoms with Crippen LogP contribution in [0.5, 0.6) is 0 Å². The molecule has 0 N–H and O–H groups in total. The van der Waals surface area contributed by atoms with Gasteiger partial charge in [0.25, 0.3) is 0 Å². The summed E-state index contributed by atoms with van der Waals surface area (Å²) in [4.78, 5) is 0. The predicted octanol–water partition coefficient (Wildman–Crippen LogP) is 0.620. The Kier molecular flexibility index (Phi) is 3.52. The third-order valence-electron chi connectivity index (χ3n) is 1.34. The molecule has 0 aliphatic rings. The molecule has 0 aliphatic heterocycles. The summed E-state index contributed by atoms with van der Waals surface area (Å²) in [6.07, 6.45) is 1.80. The quantitative estimate of drug-likeness (QED) is 0.267. The number of hydrogen-bond acceptors (Lipinski definition) is 2. The fraction of sp³-hybridized carbons (Fsp3) is 0.600. The normalized spacial score (nSPS) is 13.6. The molecule has 58 valence electrons. The molecular weight excluding hydrogens is 160 g/mol. The highest BCUT2D eigenvalue weighted by molar-refractivity contribution is 6.69. The molecule has 0 atom stereocenters. The fourth-order valence-electron chi connectivity index (χ4n) is 0.702. The summed E-state index contributed by atoms with van der Waals surface area (Å²) in [5, 5.41) is 11.0. The van der Waals surface area contributed by atoms with Crippen LogP contribution in [0, 0.1) is 5.21 Å². The van der Waals surface area contributed by atoms with Gasteiger partial charge in [0, 0.05) is 6.04 Å². The Hall–Kier alpha value is -0.426. The minimum Gasteiger partial charge on any atom is -0.622 e. The van der Waals surface area contributed by atoms with Crippen LogP contribution >= 0.6 is 0 Å². The smallest absolute Gasteiger partial charge is 0.394 e. The van der Waals surface area contributed by atoms with Crippen molar-refractivity contribution in [2.45, 2.75) is 19.1 Å². The molecule has 0 saturated carbocycles. The fourth-order valence-corrected chi connectivity index (χ4v) is 3.73. The van der Waals surface area contributed by atoms with Gasteiger partial charge in [-0.1, -0.05) is 6.08 Å². The van der Waals surface area contributed by atoms with Crippen molar-refractivity contribution in [1.82, 2.24) is 0 Å². The molecule has 0 rings (SSSR count). The van der Waals surface area contributed by atoms with E-state index in [-0.39, 0.29) is 0 Å². The Labute approximate surface area is 65.6 Å². The summed E-state index contributed by atoms with van der Waals surface area (Å²) in [6, 6.07) is 0.808. The molecule has 0 heterocycles. The molecule has 0 aromatic heterocycles. The standard InChI is InChI=1S/C5H14N2OSi2/c1-4-5-10(2,3)7(8)6-9/h4H,1,5H2,2-3,9H3. The lowest BCUT2D eigenvalue weighted by Gasteiger charge is -2.15. The average molecular weight is 174 g/mol. The molecule has 0 spiro atoms. The lowest BCUT2D eigenvalue weighted by atomic mass is 10.8. The molecule has 0 fully saturated rings. The lowest BCUT2D eigenvalue weighted by Crippen LogP contribution is -2.36. The van der Waals surface area contributed by atoms with Gasteiger partial charge in [0.2, 0.25) is 10.4 Å². The van der Waals surface area contributed by atoms with Gasteiger partial charge >= 0.3 is 8.24 Å². The van der Waals surface area contributed by atoms with Crippen molar-refractivity contribution < 1.29 is 4.53 Å². The second-order valence-corrected chi connectivity index (χ2v) is 7.59. The van der Waals surface area contributed by atoms with Gasteiger partial charge in [-0.3, -0.25) is 0 Å². The molecule has 0 aliphatic carbocycles. The van der Waals surface area contributed by atoms with Crippen molar-refractivity contribution in [2.24, 2.45) is 4.78 Å². The van der Waals surface area contributed by atoms with Crippen LogP contribution in [0.4, 0.5) is 0 Å². The third-order valence-corrected chi connectivity index (χ3v) is 4.63. The van der Waals surface area contributed by atoms with Crippen molar-refractivity contribution in [2.75, 3.05) is 0 Å². The zero-order valence-corrected chi connectivity index (χ0v) is 9.79. The second kappa shape index (κ2) is 3.67. The maximum absolute atomic E-state index is 11.0. The van der Waals surface area contributed by atoms with Crippen LogP contribution in [-0.2, 0) is 0 Å². The van der Waals surface area contributed by atoms with Crippen molar-refractivity contribution >= 4 is 18.6 Å². The monoisotopic (exact) mass is 174 g/mol. The van der Waals surface area contributed by atoms with Gasteiger partial charge in [-0.05, 0) is 13.1 Å². The summed E-state index contributed by atoms with van der Waals surface area (Å²) in [5.41, 5.74) is 0. The van der Waals surface area contributed by atoms with E-state index in [1.807, 2.05) is 13.1 Å². The van der Waals surface area contributed by atoms with E-state index in [0.29, 0.717) is 10.4 Å². The van der Waals surface area contributed by atoms with Crippen LogP contribution in [-0.4, -0.2) is 23.2 Å². The first kappa shape index (κ1) is 9.57. The van der Waals surface area contributed by atoms with Crippen LogP contribution in [0.3, 0.4) is 0 Å². The van der Waals surface area contributed by atoms with Gasteiger partial charge in [-0.15, -0.1) is 11.4 Å². The summed E-state index contributed by atoms with van der Waals surface area (Å²) in [5.74, 6) is 0. The first-order valence-electron chi connectivity index (χ1n) is 3.22. The van der Waals surface area contributed by atoms with Crippen LogP contribution in [0.1, 0.15) is 0 Å². The summed E-state index contributed by atoms with van der Waals surface area (Å²) in [6.45, 7) is 7.58. The van der Waals surface area contributed by atoms with Gasteiger partial charge < -0.3 is 5.21 Å². The molecule has 0 saturated heterocycles. The molecule has 0 aromatic carbocycles. The number of rotatable bonds is 3. The minimum atomic E-state index is -1.78. The van der Waals surface area contributed by atoms with E-state index in [4.69, 9.17) is 0 Å². The van der Waals surface area contributed by atoms with E-state index >= 15 is 0 Å². The van der Waals surface area contributed by atoms with Crippen molar-refractivity contribution in [3.05, 3.63) is 17.9 Å². The molecular formula is C5H14N2OSi2. The molecule has 3 nitrogen and oxygen atoms in total. The highest BCUT2D eigenvalue weighted by Crippen LogP contribution is 2.09. The van der Waals surface area contributed by atoms with Gasteiger partial charge in [0.05, 0.1) is 0 Å². The van der Waals surface area contributed by atoms with E-state index in [1.54, 1.807) is 6.08 Å². The van der Waals surface area contributed by atoms with Crippen molar-refractivity contribution in [1.29, 1.82) is 0 Å². The zero-order valence-electron chi connectivity index (χ0n) is 6.79. The molecule has 0 unspecified atom stereocenters. The number of nitrogens with zero attached hydrogens (tertiary/aromatic N) is 2. The first-order valence-corrected chi connectivity index (χ1v) is 7.27. The molecule has 10 heavy (non-hydrogen) atoms. The van der Waals surface area contributed by atoms with Gasteiger partial charge in [-0.2, -0.15) is 4.53 Å². The highest BCUT2D eigenvalue weighted by Gasteiger charge is 2.32. The Morgan fingerprint density at radius 2 is 2.30 bits per heavy atom. The van der Waals surface area contributed by atoms with Gasteiger partial charge in [0.1, 0.15) is 0 Å². The summed E-state index contributed by atoms with van der Waals surface area (Å²) < 4.78 is 4.61. The molecule has 0 radical (unpaired) electrons. The number of hydrogen-bond donors (Lipinski definition) is 0. The minimum absolute atomic E-state index is 0.600. The molecule has 0 bridgehead atoms. The topological polar surface area (TPSA) is 38.4 Å². The van der Waals surface area contributed by atoms with E-state index in [9.17, 15) is 5.21 Å². The highest BCUT2D eigenvalue weighted by atomic mass is 28.3. The Balaban J connectivity index is 4.23. The SMILES string of the molecule is C=CC[Si](C)(C)[N+]([O-])=N[SiH3]. The van der Waals surface area contributed by atoms with Crippen LogP contribution < -0.4 is 0 Å². The first-order chi connectivity index (χ1) is 4.54. The molecule has 0 aromatic rings. The van der Waals surface area contributed by atoms with E-state index in [2.05, 4.69) is 11.4 Å². The van der Waals surface area contributed by atoms with Crippen LogP contribution in [0.25, 0.3) is 0 Å². The third kappa shape index (κ3) is 2.44. The summed E-state index contributed by atoms with van der Waals surface area (Å²) in [7, 11) is -1.18. The maximum Gasteiger partial charge on any atom is 0.394 e. The number of allylic oxidation sites excluding steroid dienone is 1. The van der Waals surface area contributed by atoms with E-state index in [1.165, 1.54) is 0 Å². The molecule has 0 amide bonds. The van der Waals surface area contributed by atoms with Crippen molar-refractivity contribution in [3.8, 4) is 0 Å². The van der Waals surface area contributed by atoms with Crippen LogP contribution in [0.2, 0.25) is 19.1 Å². The average Bonchev–Trinajstić information content (AvgIpc) is 1.86. The van der Waals surface area contributed by atoms with Crippen LogP contribution in [0.15, 0.2) is 17.4 Å². The Bertz CT molecular complexity index is 156. The maximum atomic E-state index is 11.0. The van der Waals surface area contributed by atoms with Gasteiger partial charge in [0.15, 0.2) is 0 Å². The molecule has 5 heteroatoms. The zero-order chi connectivity index (χ0) is 8.20. The second-order valence-electron chi connectivity index (χ2n) is 2.78.